The number of hydrogen-bond donors (Lipinski definition) is 3. The van der Waals surface area contributed by atoms with Gasteiger partial charge in [-0.15, -0.1) is 0 Å². The molecular formula is C55H45ClO10P3RuS3. The van der Waals surface area contributed by atoms with Gasteiger partial charge in [-0.1, -0.05) is 218 Å². The fourth-order valence-corrected chi connectivity index (χ4v) is 15.4. The van der Waals surface area contributed by atoms with Crippen molar-refractivity contribution in [1.29, 1.82) is 0 Å². The summed E-state index contributed by atoms with van der Waals surface area (Å²) in [6, 6.07) is 80.1. The Kier molecular flexibility index (Phi) is 23.2. The van der Waals surface area contributed by atoms with Crippen molar-refractivity contribution in [2.75, 3.05) is 0 Å². The molecule has 73 heavy (non-hydrogen) atoms. The van der Waals surface area contributed by atoms with E-state index in [1.807, 2.05) is 127 Å². The van der Waals surface area contributed by atoms with Gasteiger partial charge in [0.25, 0.3) is 30.4 Å². The summed E-state index contributed by atoms with van der Waals surface area (Å²) in [4.78, 5) is -0.257. The van der Waals surface area contributed by atoms with Gasteiger partial charge in [0, 0.05) is 0 Å². The molecule has 0 unspecified atom stereocenters. The second-order valence-electron chi connectivity index (χ2n) is 14.9. The third-order valence-electron chi connectivity index (χ3n) is 10.3. The van der Waals surface area contributed by atoms with Crippen molar-refractivity contribution in [3.8, 4) is 0 Å². The van der Waals surface area contributed by atoms with E-state index in [0.29, 0.717) is 0 Å². The summed E-state index contributed by atoms with van der Waals surface area (Å²) >= 11 is 1.82. The molecule has 0 bridgehead atoms. The molecular weight excluding hydrogens is 1150 g/mol. The molecule has 0 amide bonds. The Morgan fingerprint density at radius 2 is 0.397 bits per heavy atom. The van der Waals surface area contributed by atoms with E-state index in [1.165, 1.54) is 68.2 Å². The summed E-state index contributed by atoms with van der Waals surface area (Å²) in [5.41, 5.74) is 0. The molecule has 0 aromatic heterocycles. The first kappa shape index (κ1) is 58.5. The summed E-state index contributed by atoms with van der Waals surface area (Å²) < 4.78 is 102. The molecule has 18 heteroatoms. The Labute approximate surface area is 445 Å². The molecule has 0 aliphatic carbocycles. The van der Waals surface area contributed by atoms with Gasteiger partial charge < -0.3 is 0 Å². The van der Waals surface area contributed by atoms with Gasteiger partial charge in [-0.05, 0) is 108 Å². The van der Waals surface area contributed by atoms with E-state index in [9.17, 15) is 25.3 Å². The van der Waals surface area contributed by atoms with E-state index in [2.05, 4.69) is 89.1 Å². The normalized spacial score (nSPS) is 11.0. The summed E-state index contributed by atoms with van der Waals surface area (Å²) in [6.07, 6.45) is 0. The van der Waals surface area contributed by atoms with Gasteiger partial charge in [0.1, 0.15) is 0 Å². The van der Waals surface area contributed by atoms with Crippen LogP contribution in [0.25, 0.3) is 0 Å². The quantitative estimate of drug-likeness (QED) is 0.0354. The van der Waals surface area contributed by atoms with Crippen LogP contribution < -0.4 is 47.7 Å². The topological polar surface area (TPSA) is 183 Å². The standard InChI is InChI=1S/3C18H15O3PS.CO.ClH.Ru/c3*19-23(20,21)18-13-11-17(12-14-18)22(15-7-3-1-4-8-15)16-9-5-2-6-10-16;1-2;;/h3*1-14H,(H,19,20,21);;1H;/q;;;;;+1/p-1. The molecule has 0 aliphatic heterocycles. The molecule has 0 aliphatic rings. The van der Waals surface area contributed by atoms with E-state index in [-0.39, 0.29) is 14.7 Å². The minimum absolute atomic E-state index is 0.0858. The van der Waals surface area contributed by atoms with Gasteiger partial charge in [-0.25, -0.2) is 0 Å². The average Bonchev–Trinajstić information content (AvgIpc) is 3.42. The van der Waals surface area contributed by atoms with Crippen LogP contribution in [-0.4, -0.2) is 38.9 Å². The van der Waals surface area contributed by atoms with Gasteiger partial charge in [0.2, 0.25) is 0 Å². The van der Waals surface area contributed by atoms with E-state index < -0.39 is 54.1 Å². The zero-order valence-corrected chi connectivity index (χ0v) is 45.9. The first-order valence-electron chi connectivity index (χ1n) is 21.4. The van der Waals surface area contributed by atoms with Crippen molar-refractivity contribution in [3.63, 3.8) is 0 Å². The Balaban J connectivity index is 0.000000196. The number of halogens is 1. The van der Waals surface area contributed by atoms with Crippen LogP contribution in [0.15, 0.2) is 269 Å². The van der Waals surface area contributed by atoms with Gasteiger partial charge >= 0.3 is 38.3 Å². The zero-order chi connectivity index (χ0) is 52.9. The predicted molar refractivity (Wildman–Crippen MR) is 295 cm³/mol. The molecule has 9 rings (SSSR count). The number of benzene rings is 9. The maximum absolute atomic E-state index is 11.2. The molecule has 9 aromatic carbocycles. The van der Waals surface area contributed by atoms with Crippen LogP contribution in [0.3, 0.4) is 0 Å². The second kappa shape index (κ2) is 28.9. The molecule has 9 aromatic rings. The second-order valence-corrected chi connectivity index (χ2v) is 25.9. The molecule has 3 N–H and O–H groups in total. The maximum atomic E-state index is 11.2. The summed E-state index contributed by atoms with van der Waals surface area (Å²) in [6.45, 7) is 4.50. The summed E-state index contributed by atoms with van der Waals surface area (Å²) in [7, 11) is -10.2. The Morgan fingerprint density at radius 1 is 0.274 bits per heavy atom. The van der Waals surface area contributed by atoms with E-state index in [0.717, 1.165) is 15.9 Å². The van der Waals surface area contributed by atoms with Gasteiger partial charge in [0.15, 0.2) is 0 Å². The third-order valence-corrected chi connectivity index (χ3v) is 20.2. The monoisotopic (exact) mass is 1190 g/mol. The molecule has 0 saturated carbocycles. The van der Waals surface area contributed by atoms with Gasteiger partial charge in [-0.2, -0.15) is 25.3 Å². The van der Waals surface area contributed by atoms with Crippen molar-refractivity contribution in [1.82, 2.24) is 0 Å². The molecule has 0 spiro atoms. The van der Waals surface area contributed by atoms with Gasteiger partial charge in [0.05, 0.1) is 14.7 Å². The predicted octanol–water partition coefficient (Wildman–Crippen LogP) is 8.72. The van der Waals surface area contributed by atoms with E-state index >= 15 is 0 Å². The van der Waals surface area contributed by atoms with E-state index in [1.54, 1.807) is 36.4 Å². The van der Waals surface area contributed by atoms with Crippen molar-refractivity contribution >= 4 is 112 Å². The number of rotatable bonds is 12. The molecule has 0 fully saturated rings. The average molecular weight is 1190 g/mol. The summed E-state index contributed by atoms with van der Waals surface area (Å²) in [5, 5.41) is 10.2. The van der Waals surface area contributed by atoms with Crippen LogP contribution >= 0.6 is 33.5 Å². The molecule has 10 nitrogen and oxygen atoms in total. The Morgan fingerprint density at radius 3 is 0.521 bits per heavy atom. The van der Waals surface area contributed by atoms with Crippen LogP contribution in [0.5, 0.6) is 0 Å². The molecule has 0 radical (unpaired) electrons. The Bertz CT molecular complexity index is 2950. The van der Waals surface area contributed by atoms with Crippen LogP contribution in [-0.2, 0) is 52.3 Å². The van der Waals surface area contributed by atoms with Crippen molar-refractivity contribution in [2.45, 2.75) is 14.7 Å². The molecule has 373 valence electrons. The fourth-order valence-electron chi connectivity index (χ4n) is 7.11. The molecule has 0 saturated heterocycles. The molecule has 0 atom stereocenters. The first-order chi connectivity index (χ1) is 35.2. The fraction of sp³-hybridized carbons (Fsp3) is 0. The summed E-state index contributed by atoms with van der Waals surface area (Å²) in [5.74, 6) is 0. The first-order valence-corrected chi connectivity index (χ1v) is 32.0. The van der Waals surface area contributed by atoms with Gasteiger partial charge in [-0.3, -0.25) is 13.7 Å². The van der Waals surface area contributed by atoms with Crippen molar-refractivity contribution < 1.29 is 60.9 Å². The minimum atomic E-state index is -4.17. The van der Waals surface area contributed by atoms with Crippen LogP contribution in [0, 0.1) is 6.65 Å². The van der Waals surface area contributed by atoms with E-state index in [4.69, 9.17) is 18.3 Å². The van der Waals surface area contributed by atoms with Crippen molar-refractivity contribution in [3.05, 3.63) is 261 Å². The van der Waals surface area contributed by atoms with Crippen LogP contribution in [0.1, 0.15) is 0 Å². The Hall–Kier alpha value is -5.35. The van der Waals surface area contributed by atoms with Crippen LogP contribution in [0.4, 0.5) is 0 Å². The number of hydrogen-bond acceptors (Lipinski definition) is 6. The third kappa shape index (κ3) is 17.4. The van der Waals surface area contributed by atoms with Crippen LogP contribution in [0.2, 0.25) is 0 Å². The molecule has 0 heterocycles. The zero-order valence-electron chi connectivity index (χ0n) is 38.2. The van der Waals surface area contributed by atoms with Crippen molar-refractivity contribution in [2.24, 2.45) is 0 Å². The SMILES string of the molecule is O=S(=O)(O)c1ccc(P(c2ccccc2)c2ccccc2)cc1.O=S(=O)(O)c1ccc(P(c2ccccc2)c2ccccc2)cc1.O=S(=O)(O)c1ccc(P(c2ccccc2)c2ccccc2)cc1.[C-]#[O+].[Cl][Ru].